The van der Waals surface area contributed by atoms with E-state index in [2.05, 4.69) is 6.58 Å². The van der Waals surface area contributed by atoms with Gasteiger partial charge in [-0.05, 0) is 67.1 Å². The molecule has 0 bridgehead atoms. The number of imide groups is 2. The molecule has 0 spiro atoms. The van der Waals surface area contributed by atoms with Gasteiger partial charge in [0, 0.05) is 11.5 Å². The molecule has 0 aromatic heterocycles. The van der Waals surface area contributed by atoms with Crippen molar-refractivity contribution in [2.24, 2.45) is 29.6 Å². The molecule has 242 valence electrons. The van der Waals surface area contributed by atoms with Crippen LogP contribution >= 0.6 is 0 Å². The molecule has 2 saturated heterocycles. The number of carbonyl (C=O) groups excluding carboxylic acids is 4. The Balaban J connectivity index is 1.35. The lowest BCUT2D eigenvalue weighted by molar-refractivity contribution is -0.126. The van der Waals surface area contributed by atoms with Crippen LogP contribution in [0.5, 0.6) is 5.75 Å². The van der Waals surface area contributed by atoms with Crippen LogP contribution < -0.4 is 9.80 Å². The molecular formula is C37H30N2O9. The third-order valence-corrected chi connectivity index (χ3v) is 10.2. The van der Waals surface area contributed by atoms with E-state index < -0.39 is 71.1 Å². The van der Waals surface area contributed by atoms with Crippen LogP contribution in [0.1, 0.15) is 50.6 Å². The van der Waals surface area contributed by atoms with Gasteiger partial charge in [0.05, 0.1) is 46.2 Å². The van der Waals surface area contributed by atoms with Crippen LogP contribution in [0.4, 0.5) is 11.4 Å². The third kappa shape index (κ3) is 4.56. The number of carbonyl (C=O) groups is 6. The molecule has 3 N–H and O–H groups in total. The quantitative estimate of drug-likeness (QED) is 0.246. The number of phenolic OH excluding ortho intramolecular Hbond substituents is 1. The minimum Gasteiger partial charge on any atom is -0.507 e. The average Bonchev–Trinajstić information content (AvgIpc) is 3.48. The lowest BCUT2D eigenvalue weighted by Gasteiger charge is -2.44. The molecule has 4 amide bonds. The summed E-state index contributed by atoms with van der Waals surface area (Å²) in [6.07, 6.45) is 4.06. The molecule has 11 heteroatoms. The molecule has 2 aliphatic heterocycles. The summed E-state index contributed by atoms with van der Waals surface area (Å²) in [5, 5.41) is 30.6. The fourth-order valence-corrected chi connectivity index (χ4v) is 8.18. The maximum Gasteiger partial charge on any atom is 0.335 e. The normalized spacial score (nSPS) is 26.1. The molecule has 3 aromatic carbocycles. The van der Waals surface area contributed by atoms with Gasteiger partial charge in [-0.1, -0.05) is 48.1 Å². The Hall–Kier alpha value is -5.84. The van der Waals surface area contributed by atoms with Crippen molar-refractivity contribution in [2.45, 2.75) is 25.2 Å². The molecule has 3 aromatic rings. The van der Waals surface area contributed by atoms with Gasteiger partial charge in [-0.15, -0.1) is 6.58 Å². The second-order valence-corrected chi connectivity index (χ2v) is 12.6. The predicted molar refractivity (Wildman–Crippen MR) is 171 cm³/mol. The number of para-hydroxylation sites is 1. The molecule has 4 aliphatic rings. The third-order valence-electron chi connectivity index (χ3n) is 10.2. The first-order chi connectivity index (χ1) is 23.0. The zero-order chi connectivity index (χ0) is 34.0. The number of aromatic carboxylic acids is 2. The van der Waals surface area contributed by atoms with Crippen molar-refractivity contribution in [3.8, 4) is 5.75 Å². The molecule has 6 atom stereocenters. The lowest BCUT2D eigenvalue weighted by atomic mass is 9.57. The fraction of sp³-hybridized carbons (Fsp3) is 0.243. The Labute approximate surface area is 274 Å². The number of aromatic hydroxyl groups is 1. The largest absolute Gasteiger partial charge is 0.507 e. The molecule has 3 fully saturated rings. The zero-order valence-corrected chi connectivity index (χ0v) is 25.5. The Morgan fingerprint density at radius 1 is 0.750 bits per heavy atom. The van der Waals surface area contributed by atoms with E-state index in [0.29, 0.717) is 23.1 Å². The number of rotatable bonds is 7. The van der Waals surface area contributed by atoms with E-state index in [0.717, 1.165) is 9.80 Å². The Morgan fingerprint density at radius 2 is 1.31 bits per heavy atom. The van der Waals surface area contributed by atoms with E-state index >= 15 is 0 Å². The van der Waals surface area contributed by atoms with Gasteiger partial charge in [-0.2, -0.15) is 0 Å². The van der Waals surface area contributed by atoms with Crippen molar-refractivity contribution in [1.29, 1.82) is 0 Å². The number of allylic oxidation sites excluding steroid dienone is 3. The fourth-order valence-electron chi connectivity index (χ4n) is 8.18. The first kappa shape index (κ1) is 30.8. The number of hydrogen-bond donors (Lipinski definition) is 3. The van der Waals surface area contributed by atoms with Gasteiger partial charge in [0.15, 0.2) is 0 Å². The van der Waals surface area contributed by atoms with E-state index in [1.165, 1.54) is 48.5 Å². The molecule has 2 aliphatic carbocycles. The highest BCUT2D eigenvalue weighted by molar-refractivity contribution is 6.24. The van der Waals surface area contributed by atoms with Gasteiger partial charge >= 0.3 is 11.9 Å². The first-order valence-electron chi connectivity index (χ1n) is 15.6. The molecule has 1 saturated carbocycles. The van der Waals surface area contributed by atoms with Crippen LogP contribution in [0.2, 0.25) is 0 Å². The number of carboxylic acid groups (broad SMARTS) is 2. The van der Waals surface area contributed by atoms with Crippen LogP contribution in [0.25, 0.3) is 0 Å². The first-order valence-corrected chi connectivity index (χ1v) is 15.6. The van der Waals surface area contributed by atoms with Crippen LogP contribution in [0.15, 0.2) is 91.0 Å². The van der Waals surface area contributed by atoms with Gasteiger partial charge in [-0.3, -0.25) is 29.0 Å². The van der Waals surface area contributed by atoms with Gasteiger partial charge in [-0.25, -0.2) is 9.59 Å². The van der Waals surface area contributed by atoms with Gasteiger partial charge in [0.25, 0.3) is 0 Å². The minimum absolute atomic E-state index is 0.0580. The number of anilines is 2. The van der Waals surface area contributed by atoms with E-state index in [9.17, 15) is 44.1 Å². The smallest absolute Gasteiger partial charge is 0.335 e. The van der Waals surface area contributed by atoms with Crippen molar-refractivity contribution in [3.05, 3.63) is 113 Å². The van der Waals surface area contributed by atoms with E-state index in [4.69, 9.17) is 0 Å². The number of carboxylic acids is 2. The number of amides is 4. The van der Waals surface area contributed by atoms with Crippen molar-refractivity contribution in [2.75, 3.05) is 9.80 Å². The minimum atomic E-state index is -1.22. The summed E-state index contributed by atoms with van der Waals surface area (Å²) < 4.78 is 0. The molecule has 11 nitrogen and oxygen atoms in total. The summed E-state index contributed by atoms with van der Waals surface area (Å²) in [6.45, 7) is 3.77. The Bertz CT molecular complexity index is 2000. The molecule has 7 rings (SSSR count). The Morgan fingerprint density at radius 3 is 1.90 bits per heavy atom. The van der Waals surface area contributed by atoms with E-state index in [-0.39, 0.29) is 41.1 Å². The highest BCUT2D eigenvalue weighted by Crippen LogP contribution is 2.59. The van der Waals surface area contributed by atoms with Crippen LogP contribution in [-0.2, 0) is 25.6 Å². The standard InChI is InChI=1S/C37H30N2O9/c1-2-6-18-7-5-12-24(31(18)40)28-23-13-14-25-29(34(43)38(32(25)41)21-10-3-8-19(15-21)36(45)46)26(23)17-27-30(28)35(44)39(33(27)42)22-11-4-9-20(16-22)37(47)48/h2-5,7-13,15-16,25-30,40H,1,6,14,17H2,(H,45,46)(H,47,48). The summed E-state index contributed by atoms with van der Waals surface area (Å²) >= 11 is 0. The number of hydrogen-bond acceptors (Lipinski definition) is 7. The zero-order valence-electron chi connectivity index (χ0n) is 25.5. The average molecular weight is 647 g/mol. The van der Waals surface area contributed by atoms with Crippen molar-refractivity contribution < 1.29 is 44.1 Å². The SMILES string of the molecule is C=CCc1cccc(C2C3=CCC4C(=O)N(c5cccc(C(=O)O)c5)C(=O)C4C3CC3C(=O)N(c4cccc(C(=O)O)c4)C(=O)C32)c1O. The van der Waals surface area contributed by atoms with Crippen LogP contribution in [0, 0.1) is 29.6 Å². The number of nitrogens with zero attached hydrogens (tertiary/aromatic N) is 2. The van der Waals surface area contributed by atoms with E-state index in [1.54, 1.807) is 24.3 Å². The molecular weight excluding hydrogens is 616 g/mol. The van der Waals surface area contributed by atoms with Crippen molar-refractivity contribution >= 4 is 46.9 Å². The maximum atomic E-state index is 14.3. The summed E-state index contributed by atoms with van der Waals surface area (Å²) in [7, 11) is 0. The maximum absolute atomic E-state index is 14.3. The van der Waals surface area contributed by atoms with Gasteiger partial charge in [0.2, 0.25) is 23.6 Å². The van der Waals surface area contributed by atoms with Crippen LogP contribution in [0.3, 0.4) is 0 Å². The van der Waals surface area contributed by atoms with Crippen molar-refractivity contribution in [3.63, 3.8) is 0 Å². The van der Waals surface area contributed by atoms with Gasteiger partial charge < -0.3 is 15.3 Å². The lowest BCUT2D eigenvalue weighted by Crippen LogP contribution is -2.43. The predicted octanol–water partition coefficient (Wildman–Crippen LogP) is 4.56. The second-order valence-electron chi connectivity index (χ2n) is 12.6. The second kappa shape index (κ2) is 11.4. The molecule has 2 heterocycles. The number of benzene rings is 3. The molecule has 6 unspecified atom stereocenters. The highest BCUT2D eigenvalue weighted by Gasteiger charge is 2.62. The van der Waals surface area contributed by atoms with Crippen LogP contribution in [-0.4, -0.2) is 50.9 Å². The topological polar surface area (TPSA) is 170 Å². The molecule has 48 heavy (non-hydrogen) atoms. The summed E-state index contributed by atoms with van der Waals surface area (Å²) in [4.78, 5) is 82.0. The number of fused-ring (bicyclic) bond motifs is 4. The van der Waals surface area contributed by atoms with Gasteiger partial charge in [0.1, 0.15) is 5.75 Å². The summed E-state index contributed by atoms with van der Waals surface area (Å²) in [6, 6.07) is 16.3. The molecule has 0 radical (unpaired) electrons. The highest BCUT2D eigenvalue weighted by atomic mass is 16.4. The summed E-state index contributed by atoms with van der Waals surface area (Å²) in [5.74, 6) is -9.62. The summed E-state index contributed by atoms with van der Waals surface area (Å²) in [5.41, 5.74) is 1.70. The Kier molecular flexibility index (Phi) is 7.34. The monoisotopic (exact) mass is 646 g/mol. The van der Waals surface area contributed by atoms with Crippen molar-refractivity contribution in [1.82, 2.24) is 0 Å². The number of phenols is 1. The van der Waals surface area contributed by atoms with E-state index in [1.807, 2.05) is 6.08 Å².